The number of para-hydroxylation sites is 1. The van der Waals surface area contributed by atoms with Gasteiger partial charge < -0.3 is 14.5 Å². The van der Waals surface area contributed by atoms with E-state index in [2.05, 4.69) is 194 Å². The molecule has 0 spiro atoms. The van der Waals surface area contributed by atoms with Crippen LogP contribution in [0.4, 0.5) is 34.1 Å². The number of anilines is 6. The quantitative estimate of drug-likeness (QED) is 0.190. The van der Waals surface area contributed by atoms with Crippen LogP contribution in [0.2, 0.25) is 0 Å². The van der Waals surface area contributed by atoms with Crippen molar-refractivity contribution in [1.29, 1.82) is 0 Å². The molecule has 0 N–H and O–H groups in total. The molecule has 8 aromatic carbocycles. The van der Waals surface area contributed by atoms with Gasteiger partial charge in [-0.05, 0) is 80.9 Å². The molecule has 8 aromatic rings. The van der Waals surface area contributed by atoms with Crippen LogP contribution >= 0.6 is 0 Å². The average molecular weight is 643 g/mol. The monoisotopic (exact) mass is 642 g/mol. The summed E-state index contributed by atoms with van der Waals surface area (Å²) in [4.78, 5) is 4.82. The summed E-state index contributed by atoms with van der Waals surface area (Å²) >= 11 is 0. The summed E-state index contributed by atoms with van der Waals surface area (Å²) in [6.45, 7) is 4.67. The first-order valence-electron chi connectivity index (χ1n) is 17.3. The van der Waals surface area contributed by atoms with Crippen molar-refractivity contribution in [2.45, 2.75) is 19.3 Å². The van der Waals surface area contributed by atoms with E-state index in [1.54, 1.807) is 0 Å². The highest BCUT2D eigenvalue weighted by atomic mass is 16.5. The van der Waals surface area contributed by atoms with Crippen molar-refractivity contribution in [3.05, 3.63) is 181 Å². The number of rotatable bonds is 4. The normalized spacial score (nSPS) is 13.7. The number of benzene rings is 8. The first-order chi connectivity index (χ1) is 24.6. The Kier molecular flexibility index (Phi) is 6.22. The maximum absolute atomic E-state index is 7.19. The Bertz CT molecular complexity index is 2610. The smallest absolute Gasteiger partial charge is 0.175 e. The van der Waals surface area contributed by atoms with Crippen LogP contribution in [-0.2, 0) is 5.41 Å². The molecule has 0 aromatic heterocycles. The lowest BCUT2D eigenvalue weighted by atomic mass is 9.73. The second-order valence-corrected chi connectivity index (χ2v) is 13.8. The van der Waals surface area contributed by atoms with E-state index >= 15 is 0 Å². The molecule has 0 radical (unpaired) electrons. The first kappa shape index (κ1) is 28.7. The average Bonchev–Trinajstić information content (AvgIpc) is 3.17. The van der Waals surface area contributed by atoms with Crippen molar-refractivity contribution in [1.82, 2.24) is 0 Å². The largest absolute Gasteiger partial charge is 0.451 e. The van der Waals surface area contributed by atoms with Crippen LogP contribution in [0.15, 0.2) is 170 Å². The van der Waals surface area contributed by atoms with Gasteiger partial charge in [0.25, 0.3) is 0 Å². The molecular weight excluding hydrogens is 609 g/mol. The zero-order valence-electron chi connectivity index (χ0n) is 28.0. The van der Waals surface area contributed by atoms with Crippen molar-refractivity contribution < 1.29 is 4.74 Å². The van der Waals surface area contributed by atoms with Gasteiger partial charge >= 0.3 is 0 Å². The van der Waals surface area contributed by atoms with Crippen molar-refractivity contribution in [2.75, 3.05) is 9.80 Å². The molecule has 0 atom stereocenters. The highest BCUT2D eigenvalue weighted by molar-refractivity contribution is 6.07. The molecule has 3 heteroatoms. The minimum atomic E-state index is -0.244. The molecule has 0 aliphatic carbocycles. The fourth-order valence-corrected chi connectivity index (χ4v) is 8.09. The second kappa shape index (κ2) is 10.8. The van der Waals surface area contributed by atoms with Gasteiger partial charge in [-0.2, -0.15) is 0 Å². The van der Waals surface area contributed by atoms with Crippen LogP contribution in [0.25, 0.3) is 32.7 Å². The van der Waals surface area contributed by atoms with Crippen LogP contribution in [0.1, 0.15) is 25.0 Å². The molecule has 2 heterocycles. The third kappa shape index (κ3) is 4.23. The molecule has 238 valence electrons. The van der Waals surface area contributed by atoms with E-state index in [4.69, 9.17) is 4.74 Å². The Labute approximate surface area is 292 Å². The van der Waals surface area contributed by atoms with Crippen molar-refractivity contribution >= 4 is 55.7 Å². The Morgan fingerprint density at radius 3 is 2.00 bits per heavy atom. The Morgan fingerprint density at radius 2 is 1.16 bits per heavy atom. The van der Waals surface area contributed by atoms with Crippen LogP contribution in [0.3, 0.4) is 0 Å². The number of nitrogens with zero attached hydrogens (tertiary/aromatic N) is 2. The van der Waals surface area contributed by atoms with Crippen LogP contribution in [0.5, 0.6) is 11.5 Å². The number of fused-ring (bicyclic) bond motifs is 7. The van der Waals surface area contributed by atoms with E-state index in [-0.39, 0.29) is 5.41 Å². The van der Waals surface area contributed by atoms with Crippen molar-refractivity contribution in [3.63, 3.8) is 0 Å². The zero-order valence-corrected chi connectivity index (χ0v) is 28.0. The molecule has 0 bridgehead atoms. The van der Waals surface area contributed by atoms with Crippen LogP contribution in [-0.4, -0.2) is 0 Å². The molecule has 0 amide bonds. The van der Waals surface area contributed by atoms with Gasteiger partial charge in [-0.15, -0.1) is 0 Å². The van der Waals surface area contributed by atoms with Crippen molar-refractivity contribution in [2.24, 2.45) is 0 Å². The summed E-state index contributed by atoms with van der Waals surface area (Å²) in [6.07, 6.45) is 0. The SMILES string of the molecule is CC1(C)c2ccccc2N2c3c1ccc(N(c1ccc(-c4ccccc4)cc1)c1ccc4ccccc4c1)c3Oc1ccc3ccccc3c12. The topological polar surface area (TPSA) is 15.7 Å². The van der Waals surface area contributed by atoms with E-state index in [9.17, 15) is 0 Å². The summed E-state index contributed by atoms with van der Waals surface area (Å²) in [5.74, 6) is 1.70. The molecular formula is C47H34N2O. The molecule has 50 heavy (non-hydrogen) atoms. The third-order valence-electron chi connectivity index (χ3n) is 10.6. The minimum Gasteiger partial charge on any atom is -0.451 e. The van der Waals surface area contributed by atoms with Gasteiger partial charge in [-0.3, -0.25) is 0 Å². The van der Waals surface area contributed by atoms with Gasteiger partial charge in [-0.1, -0.05) is 141 Å². The summed E-state index contributed by atoms with van der Waals surface area (Å²) in [7, 11) is 0. The number of hydrogen-bond donors (Lipinski definition) is 0. The van der Waals surface area contributed by atoms with E-state index in [0.717, 1.165) is 39.9 Å². The summed E-state index contributed by atoms with van der Waals surface area (Å²) in [5, 5.41) is 4.76. The molecule has 0 fully saturated rings. The Balaban J connectivity index is 1.25. The maximum Gasteiger partial charge on any atom is 0.175 e. The third-order valence-corrected chi connectivity index (χ3v) is 10.6. The lowest BCUT2D eigenvalue weighted by molar-refractivity contribution is 0.473. The number of ether oxygens (including phenoxy) is 1. The van der Waals surface area contributed by atoms with E-state index in [1.807, 2.05) is 0 Å². The van der Waals surface area contributed by atoms with Gasteiger partial charge in [0.2, 0.25) is 0 Å². The minimum absolute atomic E-state index is 0.244. The van der Waals surface area contributed by atoms with Crippen LogP contribution in [0, 0.1) is 0 Å². The van der Waals surface area contributed by atoms with Gasteiger partial charge in [-0.25, -0.2) is 0 Å². The van der Waals surface area contributed by atoms with Crippen molar-refractivity contribution in [3.8, 4) is 22.6 Å². The summed E-state index contributed by atoms with van der Waals surface area (Å²) in [5.41, 5.74) is 11.2. The fourth-order valence-electron chi connectivity index (χ4n) is 8.09. The molecule has 0 unspecified atom stereocenters. The highest BCUT2D eigenvalue weighted by Crippen LogP contribution is 2.63. The van der Waals surface area contributed by atoms with E-state index in [0.29, 0.717) is 0 Å². The molecule has 2 aliphatic heterocycles. The van der Waals surface area contributed by atoms with Crippen LogP contribution < -0.4 is 14.5 Å². The highest BCUT2D eigenvalue weighted by Gasteiger charge is 2.43. The molecule has 3 nitrogen and oxygen atoms in total. The summed E-state index contributed by atoms with van der Waals surface area (Å²) in [6, 6.07) is 61.1. The zero-order chi connectivity index (χ0) is 33.4. The lowest BCUT2D eigenvalue weighted by Gasteiger charge is -2.46. The molecule has 10 rings (SSSR count). The Morgan fingerprint density at radius 1 is 0.500 bits per heavy atom. The van der Waals surface area contributed by atoms with E-state index in [1.165, 1.54) is 49.5 Å². The predicted molar refractivity (Wildman–Crippen MR) is 208 cm³/mol. The standard InChI is InChI=1S/C47H34N2O/c1-47(2)39-18-10-11-19-41(39)49-44-38-17-9-8-15-34(38)23-29-43(44)50-46-42(28-27-40(47)45(46)49)48(37-26-22-32-14-6-7-16-35(32)30-37)36-24-20-33(21-25-36)31-12-4-3-5-13-31/h3-30H,1-2H3. The lowest BCUT2D eigenvalue weighted by Crippen LogP contribution is -2.33. The molecule has 2 aliphatic rings. The first-order valence-corrected chi connectivity index (χ1v) is 17.3. The van der Waals surface area contributed by atoms with Gasteiger partial charge in [0, 0.05) is 22.2 Å². The summed E-state index contributed by atoms with van der Waals surface area (Å²) < 4.78 is 7.19. The van der Waals surface area contributed by atoms with E-state index < -0.39 is 0 Å². The molecule has 0 saturated heterocycles. The predicted octanol–water partition coefficient (Wildman–Crippen LogP) is 13.3. The van der Waals surface area contributed by atoms with Gasteiger partial charge in [0.05, 0.1) is 22.7 Å². The fraction of sp³-hybridized carbons (Fsp3) is 0.0638. The Hall–Kier alpha value is -6.32. The number of hydrogen-bond acceptors (Lipinski definition) is 3. The molecule has 0 saturated carbocycles. The second-order valence-electron chi connectivity index (χ2n) is 13.8. The maximum atomic E-state index is 7.19. The van der Waals surface area contributed by atoms with Gasteiger partial charge in [0.1, 0.15) is 0 Å². The van der Waals surface area contributed by atoms with Gasteiger partial charge in [0.15, 0.2) is 11.5 Å².